The molecule has 0 bridgehead atoms. The van der Waals surface area contributed by atoms with Crippen LogP contribution in [0.3, 0.4) is 0 Å². The quantitative estimate of drug-likeness (QED) is 0.719. The molecule has 1 saturated heterocycles. The zero-order valence-corrected chi connectivity index (χ0v) is 16.0. The molecule has 1 aliphatic heterocycles. The molecule has 1 aliphatic rings. The molecular weight excluding hydrogens is 392 g/mol. The van der Waals surface area contributed by atoms with E-state index >= 15 is 0 Å². The summed E-state index contributed by atoms with van der Waals surface area (Å²) in [5, 5.41) is 4.73. The van der Waals surface area contributed by atoms with Gasteiger partial charge in [-0.3, -0.25) is 25.1 Å². The number of nitrogens with zero attached hydrogens (tertiary/aromatic N) is 2. The van der Waals surface area contributed by atoms with E-state index in [0.717, 1.165) is 5.56 Å². The van der Waals surface area contributed by atoms with Crippen LogP contribution in [0.4, 0.5) is 0 Å². The first kappa shape index (κ1) is 19.4. The van der Waals surface area contributed by atoms with Crippen LogP contribution >= 0.6 is 11.6 Å². The number of nitrogens with one attached hydrogen (secondary N) is 2. The number of hydrogen-bond donors (Lipinski definition) is 2. The van der Waals surface area contributed by atoms with Gasteiger partial charge in [-0.25, -0.2) is 8.42 Å². The van der Waals surface area contributed by atoms with Crippen LogP contribution in [0, 0.1) is 5.92 Å². The molecule has 2 amide bonds. The number of hydrogen-bond acceptors (Lipinski definition) is 5. The summed E-state index contributed by atoms with van der Waals surface area (Å²) in [5.74, 6) is -1.00. The number of benzene rings is 1. The Labute approximate surface area is 161 Å². The molecule has 0 spiro atoms. The molecule has 1 atom stereocenters. The summed E-state index contributed by atoms with van der Waals surface area (Å²) in [6.07, 6.45) is 3.47. The molecule has 144 valence electrons. The molecular formula is C17H19ClN4O4S. The fourth-order valence-corrected chi connectivity index (χ4v) is 4.97. The van der Waals surface area contributed by atoms with Crippen molar-refractivity contribution in [3.05, 3.63) is 52.8 Å². The van der Waals surface area contributed by atoms with Gasteiger partial charge in [-0.05, 0) is 24.0 Å². The van der Waals surface area contributed by atoms with Gasteiger partial charge in [0.1, 0.15) is 0 Å². The third kappa shape index (κ3) is 5.30. The lowest BCUT2D eigenvalue weighted by Crippen LogP contribution is -2.42. The second-order valence-corrected chi connectivity index (χ2v) is 9.13. The van der Waals surface area contributed by atoms with Gasteiger partial charge in [0, 0.05) is 17.6 Å². The number of aromatic nitrogens is 2. The van der Waals surface area contributed by atoms with Crippen molar-refractivity contribution < 1.29 is 18.0 Å². The zero-order valence-electron chi connectivity index (χ0n) is 14.4. The number of carbonyl (C=O) groups excluding carboxylic acids is 2. The van der Waals surface area contributed by atoms with Crippen LogP contribution in [0.5, 0.6) is 0 Å². The summed E-state index contributed by atoms with van der Waals surface area (Å²) in [7, 11) is -3.03. The molecule has 1 fully saturated rings. The van der Waals surface area contributed by atoms with Crippen molar-refractivity contribution in [3.63, 3.8) is 0 Å². The molecule has 1 unspecified atom stereocenters. The highest BCUT2D eigenvalue weighted by molar-refractivity contribution is 7.91. The highest BCUT2D eigenvalue weighted by Gasteiger charge is 2.29. The van der Waals surface area contributed by atoms with E-state index in [2.05, 4.69) is 16.0 Å². The molecule has 0 aliphatic carbocycles. The topological polar surface area (TPSA) is 110 Å². The van der Waals surface area contributed by atoms with E-state index in [1.807, 2.05) is 18.2 Å². The minimum atomic E-state index is -3.03. The number of hydrazine groups is 1. The number of amides is 2. The minimum Gasteiger partial charge on any atom is -0.273 e. The molecule has 27 heavy (non-hydrogen) atoms. The van der Waals surface area contributed by atoms with Crippen LogP contribution in [0.1, 0.15) is 28.8 Å². The Hall–Kier alpha value is -2.39. The third-order valence-corrected chi connectivity index (χ3v) is 6.51. The van der Waals surface area contributed by atoms with Gasteiger partial charge >= 0.3 is 0 Å². The Bertz CT molecular complexity index is 957. The molecule has 8 nitrogen and oxygen atoms in total. The standard InChI is InChI=1S/C17H19ClN4O4S/c18-15-4-2-1-3-13(15)9-22-10-14(8-19-22)17(24)21-20-16(23)7-12-5-6-27(25,26)11-12/h1-4,8,10,12H,5-7,9,11H2,(H,20,23)(H,21,24). The van der Waals surface area contributed by atoms with Gasteiger partial charge in [0.2, 0.25) is 5.91 Å². The largest absolute Gasteiger partial charge is 0.273 e. The molecule has 2 N–H and O–H groups in total. The first-order chi connectivity index (χ1) is 12.8. The molecule has 1 aromatic carbocycles. The fourth-order valence-electron chi connectivity index (χ4n) is 2.91. The van der Waals surface area contributed by atoms with Crippen LogP contribution in [-0.2, 0) is 21.2 Å². The number of carbonyl (C=O) groups is 2. The minimum absolute atomic E-state index is 0.0170. The predicted molar refractivity (Wildman–Crippen MR) is 99.8 cm³/mol. The van der Waals surface area contributed by atoms with Crippen molar-refractivity contribution in [1.29, 1.82) is 0 Å². The molecule has 1 aromatic heterocycles. The van der Waals surface area contributed by atoms with Crippen LogP contribution in [0.25, 0.3) is 0 Å². The van der Waals surface area contributed by atoms with Gasteiger partial charge < -0.3 is 0 Å². The van der Waals surface area contributed by atoms with Crippen molar-refractivity contribution in [1.82, 2.24) is 20.6 Å². The van der Waals surface area contributed by atoms with Crippen LogP contribution in [0.15, 0.2) is 36.7 Å². The maximum Gasteiger partial charge on any atom is 0.272 e. The van der Waals surface area contributed by atoms with E-state index in [-0.39, 0.29) is 29.4 Å². The lowest BCUT2D eigenvalue weighted by atomic mass is 10.1. The fraction of sp³-hybridized carbons (Fsp3) is 0.353. The highest BCUT2D eigenvalue weighted by atomic mass is 35.5. The Balaban J connectivity index is 1.49. The first-order valence-electron chi connectivity index (χ1n) is 8.38. The number of halogens is 1. The Kier molecular flexibility index (Phi) is 5.81. The van der Waals surface area contributed by atoms with Crippen molar-refractivity contribution in [2.75, 3.05) is 11.5 Å². The van der Waals surface area contributed by atoms with E-state index in [1.165, 1.54) is 6.20 Å². The normalized spacial score (nSPS) is 18.2. The van der Waals surface area contributed by atoms with Gasteiger partial charge in [-0.2, -0.15) is 5.10 Å². The smallest absolute Gasteiger partial charge is 0.272 e. The lowest BCUT2D eigenvalue weighted by molar-refractivity contribution is -0.122. The van der Waals surface area contributed by atoms with Gasteiger partial charge in [0.15, 0.2) is 9.84 Å². The maximum atomic E-state index is 12.1. The van der Waals surface area contributed by atoms with Crippen molar-refractivity contribution in [2.24, 2.45) is 5.92 Å². The number of sulfone groups is 1. The SMILES string of the molecule is O=C(CC1CCS(=O)(=O)C1)NNC(=O)c1cnn(Cc2ccccc2Cl)c1. The van der Waals surface area contributed by atoms with Gasteiger partial charge in [-0.1, -0.05) is 29.8 Å². The van der Waals surface area contributed by atoms with E-state index < -0.39 is 21.7 Å². The summed E-state index contributed by atoms with van der Waals surface area (Å²) in [5.41, 5.74) is 5.78. The third-order valence-electron chi connectivity index (χ3n) is 4.30. The predicted octanol–water partition coefficient (Wildman–Crippen LogP) is 1.17. The van der Waals surface area contributed by atoms with Crippen LogP contribution in [0.2, 0.25) is 5.02 Å². The number of rotatable bonds is 5. The Morgan fingerprint density at radius 2 is 2.04 bits per heavy atom. The summed E-state index contributed by atoms with van der Waals surface area (Å²) in [6.45, 7) is 0.412. The van der Waals surface area contributed by atoms with Gasteiger partial charge in [0.05, 0.1) is 29.8 Å². The average molecular weight is 411 g/mol. The van der Waals surface area contributed by atoms with E-state index in [9.17, 15) is 18.0 Å². The summed E-state index contributed by atoms with van der Waals surface area (Å²) in [4.78, 5) is 24.0. The molecule has 2 heterocycles. The van der Waals surface area contributed by atoms with E-state index in [1.54, 1.807) is 16.9 Å². The summed E-state index contributed by atoms with van der Waals surface area (Å²) in [6, 6.07) is 7.34. The van der Waals surface area contributed by atoms with E-state index in [0.29, 0.717) is 18.0 Å². The highest BCUT2D eigenvalue weighted by Crippen LogP contribution is 2.21. The first-order valence-corrected chi connectivity index (χ1v) is 10.6. The molecule has 2 aromatic rings. The van der Waals surface area contributed by atoms with Gasteiger partial charge in [-0.15, -0.1) is 0 Å². The van der Waals surface area contributed by atoms with Crippen LogP contribution < -0.4 is 10.9 Å². The Morgan fingerprint density at radius 3 is 2.74 bits per heavy atom. The monoisotopic (exact) mass is 410 g/mol. The summed E-state index contributed by atoms with van der Waals surface area (Å²) >= 11 is 6.11. The summed E-state index contributed by atoms with van der Waals surface area (Å²) < 4.78 is 24.4. The van der Waals surface area contributed by atoms with Crippen molar-refractivity contribution in [2.45, 2.75) is 19.4 Å². The second-order valence-electron chi connectivity index (χ2n) is 6.49. The lowest BCUT2D eigenvalue weighted by Gasteiger charge is -2.09. The zero-order chi connectivity index (χ0) is 19.4. The molecule has 0 radical (unpaired) electrons. The van der Waals surface area contributed by atoms with Crippen molar-refractivity contribution >= 4 is 33.3 Å². The average Bonchev–Trinajstić information content (AvgIpc) is 3.21. The molecule has 0 saturated carbocycles. The molecule has 3 rings (SSSR count). The van der Waals surface area contributed by atoms with Crippen molar-refractivity contribution in [3.8, 4) is 0 Å². The Morgan fingerprint density at radius 1 is 1.26 bits per heavy atom. The second kappa shape index (κ2) is 8.10. The van der Waals surface area contributed by atoms with Gasteiger partial charge in [0.25, 0.3) is 5.91 Å². The van der Waals surface area contributed by atoms with Crippen LogP contribution in [-0.4, -0.2) is 41.5 Å². The van der Waals surface area contributed by atoms with E-state index in [4.69, 9.17) is 11.6 Å². The molecule has 10 heteroatoms. The maximum absolute atomic E-state index is 12.1.